The van der Waals surface area contributed by atoms with Crippen molar-refractivity contribution in [3.63, 3.8) is 0 Å². The zero-order chi connectivity index (χ0) is 19.8. The van der Waals surface area contributed by atoms with E-state index in [-0.39, 0.29) is 42.6 Å². The Morgan fingerprint density at radius 1 is 1.24 bits per heavy atom. The number of methoxy groups -OCH3 is 1. The molecule has 1 heterocycles. The summed E-state index contributed by atoms with van der Waals surface area (Å²) in [6, 6.07) is 4.53. The highest BCUT2D eigenvalue weighted by molar-refractivity contribution is 5.89. The fraction of sp³-hybridized carbons (Fsp3) is 0.650. The lowest BCUT2D eigenvalue weighted by atomic mass is 9.54. The lowest BCUT2D eigenvalue weighted by Gasteiger charge is -2.59. The minimum absolute atomic E-state index is 0. The van der Waals surface area contributed by atoms with Crippen molar-refractivity contribution in [2.75, 3.05) is 44.8 Å². The SMILES string of the molecule is CCOC1CC(N)(C(=O)N2CCN(c3ccc(F)cc3OC)CC2)C1(C)C.Cl.Cl. The molecular formula is C20H32Cl2FN3O3. The van der Waals surface area contributed by atoms with Crippen LogP contribution in [-0.2, 0) is 9.53 Å². The van der Waals surface area contributed by atoms with Crippen LogP contribution in [0.15, 0.2) is 18.2 Å². The summed E-state index contributed by atoms with van der Waals surface area (Å²) in [4.78, 5) is 17.1. The van der Waals surface area contributed by atoms with E-state index in [9.17, 15) is 9.18 Å². The Morgan fingerprint density at radius 2 is 1.86 bits per heavy atom. The molecule has 1 amide bonds. The number of hydrogen-bond donors (Lipinski definition) is 1. The lowest BCUT2D eigenvalue weighted by Crippen LogP contribution is -2.76. The van der Waals surface area contributed by atoms with Crippen molar-refractivity contribution >= 4 is 36.4 Å². The molecule has 1 saturated carbocycles. The maximum Gasteiger partial charge on any atom is 0.243 e. The van der Waals surface area contributed by atoms with E-state index in [1.165, 1.54) is 19.2 Å². The van der Waals surface area contributed by atoms with Crippen molar-refractivity contribution in [3.8, 4) is 5.75 Å². The highest BCUT2D eigenvalue weighted by atomic mass is 35.5. The number of halogens is 3. The summed E-state index contributed by atoms with van der Waals surface area (Å²) in [5.74, 6) is 0.171. The van der Waals surface area contributed by atoms with Gasteiger partial charge in [0.15, 0.2) is 0 Å². The summed E-state index contributed by atoms with van der Waals surface area (Å²) in [6.45, 7) is 9.05. The molecule has 1 aliphatic heterocycles. The molecule has 166 valence electrons. The molecule has 9 heteroatoms. The van der Waals surface area contributed by atoms with Gasteiger partial charge in [-0.3, -0.25) is 4.79 Å². The van der Waals surface area contributed by atoms with E-state index in [1.807, 2.05) is 25.7 Å². The third-order valence-corrected chi connectivity index (χ3v) is 6.26. The summed E-state index contributed by atoms with van der Waals surface area (Å²) in [6.07, 6.45) is 0.569. The number of benzene rings is 1. The van der Waals surface area contributed by atoms with Gasteiger partial charge in [-0.1, -0.05) is 13.8 Å². The Kier molecular flexibility index (Phi) is 8.60. The molecule has 6 nitrogen and oxygen atoms in total. The van der Waals surface area contributed by atoms with E-state index in [1.54, 1.807) is 6.07 Å². The number of anilines is 1. The number of nitrogens with zero attached hydrogens (tertiary/aromatic N) is 2. The number of hydrogen-bond acceptors (Lipinski definition) is 5. The standard InChI is InChI=1S/C20H30FN3O3.2ClH/c1-5-27-17-13-20(22,19(17,2)3)18(25)24-10-8-23(9-11-24)15-7-6-14(21)12-16(15)26-4;;/h6-7,12,17H,5,8-11,13,22H2,1-4H3;2*1H. The topological polar surface area (TPSA) is 68.0 Å². The van der Waals surface area contributed by atoms with Gasteiger partial charge in [-0.25, -0.2) is 4.39 Å². The molecule has 1 saturated heterocycles. The molecule has 2 N–H and O–H groups in total. The van der Waals surface area contributed by atoms with Crippen LogP contribution in [-0.4, -0.2) is 62.3 Å². The first kappa shape index (κ1) is 25.8. The average molecular weight is 452 g/mol. The highest BCUT2D eigenvalue weighted by Crippen LogP contribution is 2.50. The van der Waals surface area contributed by atoms with Crippen molar-refractivity contribution in [3.05, 3.63) is 24.0 Å². The van der Waals surface area contributed by atoms with Gasteiger partial charge in [0.05, 0.1) is 18.9 Å². The van der Waals surface area contributed by atoms with Crippen molar-refractivity contribution in [2.24, 2.45) is 11.1 Å². The number of amides is 1. The van der Waals surface area contributed by atoms with Crippen molar-refractivity contribution in [1.82, 2.24) is 4.90 Å². The summed E-state index contributed by atoms with van der Waals surface area (Å²) in [5, 5.41) is 0. The van der Waals surface area contributed by atoms with E-state index in [4.69, 9.17) is 15.2 Å². The second-order valence-corrected chi connectivity index (χ2v) is 7.94. The summed E-state index contributed by atoms with van der Waals surface area (Å²) < 4.78 is 24.5. The quantitative estimate of drug-likeness (QED) is 0.745. The summed E-state index contributed by atoms with van der Waals surface area (Å²) >= 11 is 0. The van der Waals surface area contributed by atoms with Crippen LogP contribution in [0.25, 0.3) is 0 Å². The smallest absolute Gasteiger partial charge is 0.243 e. The predicted octanol–water partition coefficient (Wildman–Crippen LogP) is 2.86. The van der Waals surface area contributed by atoms with Crippen LogP contribution < -0.4 is 15.4 Å². The van der Waals surface area contributed by atoms with Crippen LogP contribution in [0.4, 0.5) is 10.1 Å². The zero-order valence-electron chi connectivity index (χ0n) is 17.4. The van der Waals surface area contributed by atoms with Gasteiger partial charge in [0, 0.05) is 50.7 Å². The number of ether oxygens (including phenoxy) is 2. The van der Waals surface area contributed by atoms with Gasteiger partial charge in [-0.05, 0) is 19.1 Å². The van der Waals surface area contributed by atoms with Crippen LogP contribution in [0.2, 0.25) is 0 Å². The average Bonchev–Trinajstić information content (AvgIpc) is 2.67. The Balaban J connectivity index is 0.00000210. The van der Waals surface area contributed by atoms with E-state index in [0.29, 0.717) is 45.0 Å². The lowest BCUT2D eigenvalue weighted by molar-refractivity contribution is -0.179. The van der Waals surface area contributed by atoms with Gasteiger partial charge in [-0.2, -0.15) is 0 Å². The second kappa shape index (κ2) is 9.69. The molecule has 0 radical (unpaired) electrons. The first-order chi connectivity index (χ1) is 12.7. The number of piperazine rings is 1. The Bertz CT molecular complexity index is 714. The molecule has 0 spiro atoms. The van der Waals surface area contributed by atoms with Crippen molar-refractivity contribution in [2.45, 2.75) is 38.8 Å². The normalized spacial score (nSPS) is 25.4. The number of rotatable bonds is 5. The monoisotopic (exact) mass is 451 g/mol. The van der Waals surface area contributed by atoms with Gasteiger partial charge in [0.1, 0.15) is 17.1 Å². The molecule has 29 heavy (non-hydrogen) atoms. The second-order valence-electron chi connectivity index (χ2n) is 7.94. The Morgan fingerprint density at radius 3 is 2.38 bits per heavy atom. The van der Waals surface area contributed by atoms with Crippen LogP contribution in [0.5, 0.6) is 5.75 Å². The van der Waals surface area contributed by atoms with Gasteiger partial charge < -0.3 is 25.0 Å². The number of carbonyl (C=O) groups is 1. The maximum atomic E-state index is 13.4. The molecular weight excluding hydrogens is 420 g/mol. The molecule has 2 fully saturated rings. The van der Waals surface area contributed by atoms with Gasteiger partial charge >= 0.3 is 0 Å². The molecule has 2 unspecified atom stereocenters. The Hall–Kier alpha value is -1.28. The Labute approximate surface area is 184 Å². The van der Waals surface area contributed by atoms with E-state index in [2.05, 4.69) is 4.90 Å². The number of nitrogens with two attached hydrogens (primary N) is 1. The first-order valence-corrected chi connectivity index (χ1v) is 9.53. The fourth-order valence-corrected chi connectivity index (χ4v) is 4.14. The van der Waals surface area contributed by atoms with Gasteiger partial charge in [-0.15, -0.1) is 24.8 Å². The van der Waals surface area contributed by atoms with E-state index < -0.39 is 11.0 Å². The van der Waals surface area contributed by atoms with Gasteiger partial charge in [0.2, 0.25) is 5.91 Å². The molecule has 1 aliphatic carbocycles. The maximum absolute atomic E-state index is 13.4. The molecule has 1 aromatic carbocycles. The largest absolute Gasteiger partial charge is 0.494 e. The summed E-state index contributed by atoms with van der Waals surface area (Å²) in [7, 11) is 1.53. The van der Waals surface area contributed by atoms with Crippen LogP contribution in [0.1, 0.15) is 27.2 Å². The van der Waals surface area contributed by atoms with Gasteiger partial charge in [0.25, 0.3) is 0 Å². The van der Waals surface area contributed by atoms with Crippen LogP contribution in [0.3, 0.4) is 0 Å². The van der Waals surface area contributed by atoms with E-state index >= 15 is 0 Å². The minimum Gasteiger partial charge on any atom is -0.494 e. The van der Waals surface area contributed by atoms with Crippen molar-refractivity contribution in [1.29, 1.82) is 0 Å². The molecule has 1 aromatic rings. The third-order valence-electron chi connectivity index (χ3n) is 6.26. The minimum atomic E-state index is -0.886. The van der Waals surface area contributed by atoms with Crippen molar-refractivity contribution < 1.29 is 18.7 Å². The first-order valence-electron chi connectivity index (χ1n) is 9.53. The molecule has 0 bridgehead atoms. The zero-order valence-corrected chi connectivity index (χ0v) is 19.1. The van der Waals surface area contributed by atoms with Crippen LogP contribution >= 0.6 is 24.8 Å². The highest BCUT2D eigenvalue weighted by Gasteiger charge is 2.63. The van der Waals surface area contributed by atoms with E-state index in [0.717, 1.165) is 5.69 Å². The fourth-order valence-electron chi connectivity index (χ4n) is 4.14. The molecule has 3 rings (SSSR count). The third kappa shape index (κ3) is 4.43. The predicted molar refractivity (Wildman–Crippen MR) is 117 cm³/mol. The van der Waals surface area contributed by atoms with Crippen LogP contribution in [0, 0.1) is 11.2 Å². The summed E-state index contributed by atoms with van der Waals surface area (Å²) in [5.41, 5.74) is 6.10. The molecule has 2 aliphatic rings. The number of carbonyl (C=O) groups excluding carboxylic acids is 1. The molecule has 2 atom stereocenters. The molecule has 0 aromatic heterocycles.